The average Bonchev–Trinajstić information content (AvgIpc) is 2.49. The van der Waals surface area contributed by atoms with E-state index in [1.54, 1.807) is 14.2 Å². The first-order chi connectivity index (χ1) is 9.63. The molecule has 20 heavy (non-hydrogen) atoms. The van der Waals surface area contributed by atoms with Crippen molar-refractivity contribution in [3.05, 3.63) is 48.0 Å². The minimum absolute atomic E-state index is 0.175. The average molecular weight is 272 g/mol. The van der Waals surface area contributed by atoms with Gasteiger partial charge in [0.25, 0.3) is 0 Å². The van der Waals surface area contributed by atoms with Crippen LogP contribution in [0.5, 0.6) is 11.5 Å². The zero-order valence-electron chi connectivity index (χ0n) is 12.0. The molecule has 0 bridgehead atoms. The molecule has 0 aliphatic heterocycles. The molecule has 0 aliphatic carbocycles. The van der Waals surface area contributed by atoms with E-state index < -0.39 is 0 Å². The first kappa shape index (κ1) is 14.1. The van der Waals surface area contributed by atoms with Crippen LogP contribution in [0.15, 0.2) is 42.5 Å². The summed E-state index contributed by atoms with van der Waals surface area (Å²) in [5.41, 5.74) is 8.60. The van der Waals surface area contributed by atoms with Gasteiger partial charge in [0.2, 0.25) is 0 Å². The maximum absolute atomic E-state index is 5.81. The van der Waals surface area contributed by atoms with Crippen molar-refractivity contribution in [1.29, 1.82) is 0 Å². The van der Waals surface area contributed by atoms with Crippen molar-refractivity contribution in [3.8, 4) is 11.5 Å². The summed E-state index contributed by atoms with van der Waals surface area (Å²) in [4.78, 5) is 0. The molecule has 2 aromatic carbocycles. The summed E-state index contributed by atoms with van der Waals surface area (Å²) < 4.78 is 10.4. The normalized spacial score (nSPS) is 11.8. The Kier molecular flexibility index (Phi) is 4.35. The Bertz CT molecular complexity index is 567. The van der Waals surface area contributed by atoms with E-state index in [2.05, 4.69) is 12.2 Å². The van der Waals surface area contributed by atoms with Crippen LogP contribution in [-0.2, 0) is 0 Å². The highest BCUT2D eigenvalue weighted by Gasteiger charge is 2.07. The van der Waals surface area contributed by atoms with Crippen LogP contribution in [0.2, 0.25) is 0 Å². The van der Waals surface area contributed by atoms with Crippen molar-refractivity contribution in [3.63, 3.8) is 0 Å². The van der Waals surface area contributed by atoms with Crippen molar-refractivity contribution in [2.75, 3.05) is 25.3 Å². The summed E-state index contributed by atoms with van der Waals surface area (Å²) in [7, 11) is 3.28. The molecular formula is C16H20N2O2. The van der Waals surface area contributed by atoms with Gasteiger partial charge in [-0.15, -0.1) is 0 Å². The third kappa shape index (κ3) is 3.15. The monoisotopic (exact) mass is 272 g/mol. The number of ether oxygens (including phenoxy) is 2. The van der Waals surface area contributed by atoms with Gasteiger partial charge in [-0.05, 0) is 36.8 Å². The fourth-order valence-electron chi connectivity index (χ4n) is 2.03. The maximum atomic E-state index is 5.81. The Balaban J connectivity index is 2.12. The summed E-state index contributed by atoms with van der Waals surface area (Å²) in [5.74, 6) is 1.53. The third-order valence-corrected chi connectivity index (χ3v) is 3.23. The van der Waals surface area contributed by atoms with Crippen molar-refractivity contribution < 1.29 is 9.47 Å². The van der Waals surface area contributed by atoms with E-state index in [4.69, 9.17) is 15.2 Å². The van der Waals surface area contributed by atoms with Crippen LogP contribution in [-0.4, -0.2) is 14.2 Å². The van der Waals surface area contributed by atoms with Gasteiger partial charge in [-0.3, -0.25) is 0 Å². The maximum Gasteiger partial charge on any atom is 0.143 e. The highest BCUT2D eigenvalue weighted by atomic mass is 16.5. The van der Waals surface area contributed by atoms with Crippen LogP contribution >= 0.6 is 0 Å². The van der Waals surface area contributed by atoms with E-state index in [-0.39, 0.29) is 6.04 Å². The van der Waals surface area contributed by atoms with Crippen LogP contribution in [0, 0.1) is 0 Å². The van der Waals surface area contributed by atoms with Crippen LogP contribution in [0.1, 0.15) is 18.5 Å². The van der Waals surface area contributed by atoms with Crippen LogP contribution in [0.4, 0.5) is 11.4 Å². The molecule has 0 saturated carbocycles. The molecule has 2 aromatic rings. The number of rotatable bonds is 5. The summed E-state index contributed by atoms with van der Waals surface area (Å²) in [6.45, 7) is 2.10. The summed E-state index contributed by atoms with van der Waals surface area (Å²) in [6.07, 6.45) is 0. The molecular weight excluding hydrogens is 252 g/mol. The third-order valence-electron chi connectivity index (χ3n) is 3.23. The smallest absolute Gasteiger partial charge is 0.143 e. The minimum atomic E-state index is 0.175. The number of hydrogen-bond donors (Lipinski definition) is 2. The fraction of sp³-hybridized carbons (Fsp3) is 0.250. The number of nitrogens with two attached hydrogens (primary N) is 1. The van der Waals surface area contributed by atoms with Gasteiger partial charge in [-0.25, -0.2) is 0 Å². The summed E-state index contributed by atoms with van der Waals surface area (Å²) in [6, 6.07) is 13.9. The fourth-order valence-corrected chi connectivity index (χ4v) is 2.03. The van der Waals surface area contributed by atoms with E-state index in [9.17, 15) is 0 Å². The topological polar surface area (TPSA) is 56.5 Å². The number of methoxy groups -OCH3 is 2. The van der Waals surface area contributed by atoms with Gasteiger partial charge in [0, 0.05) is 17.8 Å². The number of nitrogen functional groups attached to an aromatic ring is 1. The molecule has 1 atom stereocenters. The summed E-state index contributed by atoms with van der Waals surface area (Å²) in [5, 5.41) is 3.42. The van der Waals surface area contributed by atoms with E-state index in [1.165, 1.54) is 5.56 Å². The molecule has 0 amide bonds. The van der Waals surface area contributed by atoms with Gasteiger partial charge in [-0.2, -0.15) is 0 Å². The molecule has 0 saturated heterocycles. The van der Waals surface area contributed by atoms with E-state index in [0.29, 0.717) is 11.4 Å². The lowest BCUT2D eigenvalue weighted by Gasteiger charge is -2.17. The second-order valence-corrected chi connectivity index (χ2v) is 4.60. The lowest BCUT2D eigenvalue weighted by Crippen LogP contribution is -2.07. The van der Waals surface area contributed by atoms with Crippen molar-refractivity contribution in [2.45, 2.75) is 13.0 Å². The van der Waals surface area contributed by atoms with Gasteiger partial charge in [-0.1, -0.05) is 12.1 Å². The first-order valence-corrected chi connectivity index (χ1v) is 6.48. The number of benzene rings is 2. The summed E-state index contributed by atoms with van der Waals surface area (Å²) >= 11 is 0. The SMILES string of the molecule is COc1ccc(C(C)Nc2ccc(N)c(OC)c2)cc1. The molecule has 3 N–H and O–H groups in total. The van der Waals surface area contributed by atoms with Crippen LogP contribution < -0.4 is 20.5 Å². The Labute approximate surface area is 119 Å². The molecule has 0 spiro atoms. The lowest BCUT2D eigenvalue weighted by molar-refractivity contribution is 0.414. The number of nitrogens with one attached hydrogen (secondary N) is 1. The highest BCUT2D eigenvalue weighted by Crippen LogP contribution is 2.28. The zero-order valence-corrected chi connectivity index (χ0v) is 12.0. The molecule has 0 heterocycles. The predicted molar refractivity (Wildman–Crippen MR) is 82.4 cm³/mol. The molecule has 0 aromatic heterocycles. The number of anilines is 2. The van der Waals surface area contributed by atoms with Crippen molar-refractivity contribution in [1.82, 2.24) is 0 Å². The van der Waals surface area contributed by atoms with Gasteiger partial charge in [0.15, 0.2) is 0 Å². The second-order valence-electron chi connectivity index (χ2n) is 4.60. The van der Waals surface area contributed by atoms with E-state index in [1.807, 2.05) is 42.5 Å². The zero-order chi connectivity index (χ0) is 14.5. The Morgan fingerprint density at radius 3 is 2.30 bits per heavy atom. The van der Waals surface area contributed by atoms with Crippen molar-refractivity contribution >= 4 is 11.4 Å². The van der Waals surface area contributed by atoms with Gasteiger partial charge in [0.05, 0.1) is 19.9 Å². The molecule has 106 valence electrons. The van der Waals surface area contributed by atoms with Crippen LogP contribution in [0.25, 0.3) is 0 Å². The van der Waals surface area contributed by atoms with Gasteiger partial charge < -0.3 is 20.5 Å². The second kappa shape index (κ2) is 6.19. The Morgan fingerprint density at radius 1 is 1.00 bits per heavy atom. The standard InChI is InChI=1S/C16H20N2O2/c1-11(12-4-7-14(19-2)8-5-12)18-13-6-9-15(17)16(10-13)20-3/h4-11,18H,17H2,1-3H3. The molecule has 0 radical (unpaired) electrons. The van der Waals surface area contributed by atoms with Crippen LogP contribution in [0.3, 0.4) is 0 Å². The van der Waals surface area contributed by atoms with E-state index in [0.717, 1.165) is 11.4 Å². The lowest BCUT2D eigenvalue weighted by atomic mass is 10.1. The quantitative estimate of drug-likeness (QED) is 0.818. The predicted octanol–water partition coefficient (Wildman–Crippen LogP) is 3.46. The molecule has 4 heteroatoms. The highest BCUT2D eigenvalue weighted by molar-refractivity contribution is 5.61. The largest absolute Gasteiger partial charge is 0.497 e. The minimum Gasteiger partial charge on any atom is -0.497 e. The van der Waals surface area contributed by atoms with Crippen molar-refractivity contribution in [2.24, 2.45) is 0 Å². The molecule has 0 fully saturated rings. The Hall–Kier alpha value is -2.36. The Morgan fingerprint density at radius 2 is 1.70 bits per heavy atom. The molecule has 0 aliphatic rings. The first-order valence-electron chi connectivity index (χ1n) is 6.48. The molecule has 2 rings (SSSR count). The number of hydrogen-bond acceptors (Lipinski definition) is 4. The molecule has 1 unspecified atom stereocenters. The van der Waals surface area contributed by atoms with Gasteiger partial charge >= 0.3 is 0 Å². The van der Waals surface area contributed by atoms with E-state index >= 15 is 0 Å². The van der Waals surface area contributed by atoms with Gasteiger partial charge in [0.1, 0.15) is 11.5 Å². The molecule has 4 nitrogen and oxygen atoms in total.